The van der Waals surface area contributed by atoms with Crippen LogP contribution in [0.1, 0.15) is 57.6 Å². The second kappa shape index (κ2) is 7.13. The van der Waals surface area contributed by atoms with Crippen LogP contribution in [0.5, 0.6) is 0 Å². The van der Waals surface area contributed by atoms with Crippen LogP contribution in [0.3, 0.4) is 0 Å². The summed E-state index contributed by atoms with van der Waals surface area (Å²) in [6.45, 7) is 9.76. The summed E-state index contributed by atoms with van der Waals surface area (Å²) in [5.74, 6) is 0.933. The van der Waals surface area contributed by atoms with Crippen LogP contribution in [-0.2, 0) is 11.3 Å². The van der Waals surface area contributed by atoms with Crippen molar-refractivity contribution in [1.29, 1.82) is 0 Å². The molecule has 0 spiro atoms. The van der Waals surface area contributed by atoms with Crippen LogP contribution >= 0.6 is 0 Å². The Hall–Kier alpha value is -1.57. The minimum absolute atomic E-state index is 0.316. The van der Waals surface area contributed by atoms with E-state index in [1.165, 1.54) is 11.1 Å². The summed E-state index contributed by atoms with van der Waals surface area (Å²) in [6.07, 6.45) is 5.78. The summed E-state index contributed by atoms with van der Waals surface area (Å²) in [6, 6.07) is 8.50. The van der Waals surface area contributed by atoms with Gasteiger partial charge in [-0.25, -0.2) is 0 Å². The summed E-state index contributed by atoms with van der Waals surface area (Å²) < 4.78 is 0. The molecule has 22 heavy (non-hydrogen) atoms. The number of carbonyl (C=O) groups excluding carboxylic acids is 1. The van der Waals surface area contributed by atoms with Gasteiger partial charge in [0.15, 0.2) is 5.78 Å². The Balaban J connectivity index is 1.96. The second-order valence-electron chi connectivity index (χ2n) is 7.24. The van der Waals surface area contributed by atoms with Gasteiger partial charge < -0.3 is 5.32 Å². The maximum atomic E-state index is 12.1. The van der Waals surface area contributed by atoms with E-state index >= 15 is 0 Å². The molecule has 1 aromatic carbocycles. The SMILES string of the molecule is CCC(C)(C)[C@H]1CCC(=O)/C(=C/NCc2ccc(C)cc2)C1. The molecule has 0 bridgehead atoms. The highest BCUT2D eigenvalue weighted by atomic mass is 16.1. The molecule has 1 saturated carbocycles. The lowest BCUT2D eigenvalue weighted by Gasteiger charge is -2.36. The zero-order chi connectivity index (χ0) is 16.2. The molecule has 1 aromatic rings. The quantitative estimate of drug-likeness (QED) is 0.793. The van der Waals surface area contributed by atoms with Crippen LogP contribution in [0.4, 0.5) is 0 Å². The Kier molecular flexibility index (Phi) is 5.44. The average Bonchev–Trinajstić information content (AvgIpc) is 2.51. The smallest absolute Gasteiger partial charge is 0.160 e. The number of benzene rings is 1. The van der Waals surface area contributed by atoms with E-state index in [1.807, 2.05) is 6.20 Å². The fourth-order valence-corrected chi connectivity index (χ4v) is 3.04. The van der Waals surface area contributed by atoms with Gasteiger partial charge in [-0.2, -0.15) is 0 Å². The molecule has 0 saturated heterocycles. The van der Waals surface area contributed by atoms with Gasteiger partial charge in [-0.1, -0.05) is 57.0 Å². The lowest BCUT2D eigenvalue weighted by molar-refractivity contribution is -0.117. The monoisotopic (exact) mass is 299 g/mol. The molecule has 1 aliphatic carbocycles. The van der Waals surface area contributed by atoms with E-state index in [-0.39, 0.29) is 0 Å². The van der Waals surface area contributed by atoms with Crippen molar-refractivity contribution in [1.82, 2.24) is 5.32 Å². The molecule has 0 aromatic heterocycles. The van der Waals surface area contributed by atoms with Crippen molar-refractivity contribution < 1.29 is 4.79 Å². The van der Waals surface area contributed by atoms with Gasteiger partial charge >= 0.3 is 0 Å². The lowest BCUT2D eigenvalue weighted by atomic mass is 9.68. The minimum Gasteiger partial charge on any atom is -0.386 e. The topological polar surface area (TPSA) is 29.1 Å². The summed E-state index contributed by atoms with van der Waals surface area (Å²) >= 11 is 0. The number of allylic oxidation sites excluding steroid dienone is 1. The number of Topliss-reactive ketones (excluding diaryl/α,β-unsaturated/α-hetero) is 1. The molecular formula is C20H29NO. The zero-order valence-electron chi connectivity index (χ0n) is 14.4. The maximum Gasteiger partial charge on any atom is 0.160 e. The van der Waals surface area contributed by atoms with Crippen molar-refractivity contribution in [3.8, 4) is 0 Å². The van der Waals surface area contributed by atoms with E-state index in [4.69, 9.17) is 0 Å². The van der Waals surface area contributed by atoms with Crippen molar-refractivity contribution in [3.05, 3.63) is 47.2 Å². The zero-order valence-corrected chi connectivity index (χ0v) is 14.4. The Morgan fingerprint density at radius 3 is 2.59 bits per heavy atom. The number of nitrogens with one attached hydrogen (secondary N) is 1. The number of ketones is 1. The van der Waals surface area contributed by atoms with Crippen LogP contribution in [0.25, 0.3) is 0 Å². The first-order valence-corrected chi connectivity index (χ1v) is 8.43. The molecule has 0 radical (unpaired) electrons. The molecule has 0 heterocycles. The maximum absolute atomic E-state index is 12.1. The number of aryl methyl sites for hydroxylation is 1. The molecule has 0 amide bonds. The largest absolute Gasteiger partial charge is 0.386 e. The van der Waals surface area contributed by atoms with E-state index in [0.29, 0.717) is 23.5 Å². The standard InChI is InChI=1S/C20H29NO/c1-5-20(3,4)18-10-11-19(22)17(12-18)14-21-13-16-8-6-15(2)7-9-16/h6-9,14,18,21H,5,10-13H2,1-4H3/b17-14+/t18-/m0/s1. The average molecular weight is 299 g/mol. The van der Waals surface area contributed by atoms with E-state index in [9.17, 15) is 4.79 Å². The van der Waals surface area contributed by atoms with Gasteiger partial charge in [0.2, 0.25) is 0 Å². The Bertz CT molecular complexity index is 539. The summed E-state index contributed by atoms with van der Waals surface area (Å²) in [4.78, 5) is 12.1. The predicted molar refractivity (Wildman–Crippen MR) is 92.5 cm³/mol. The first-order chi connectivity index (χ1) is 10.4. The van der Waals surface area contributed by atoms with E-state index in [1.54, 1.807) is 0 Å². The summed E-state index contributed by atoms with van der Waals surface area (Å²) in [7, 11) is 0. The molecule has 1 fully saturated rings. The van der Waals surface area contributed by atoms with Crippen molar-refractivity contribution in [2.75, 3.05) is 0 Å². The van der Waals surface area contributed by atoms with Crippen molar-refractivity contribution >= 4 is 5.78 Å². The highest BCUT2D eigenvalue weighted by molar-refractivity contribution is 5.96. The third-order valence-corrected chi connectivity index (χ3v) is 5.26. The van der Waals surface area contributed by atoms with Crippen LogP contribution in [0, 0.1) is 18.3 Å². The van der Waals surface area contributed by atoms with Gasteiger partial charge in [0.05, 0.1) is 0 Å². The van der Waals surface area contributed by atoms with E-state index in [2.05, 4.69) is 57.3 Å². The van der Waals surface area contributed by atoms with Crippen LogP contribution in [-0.4, -0.2) is 5.78 Å². The first kappa shape index (κ1) is 16.8. The molecule has 1 aliphatic rings. The molecule has 2 rings (SSSR count). The lowest BCUT2D eigenvalue weighted by Crippen LogP contribution is -2.30. The Morgan fingerprint density at radius 2 is 1.95 bits per heavy atom. The van der Waals surface area contributed by atoms with Gasteiger partial charge in [-0.05, 0) is 36.7 Å². The van der Waals surface area contributed by atoms with Gasteiger partial charge in [0.1, 0.15) is 0 Å². The molecule has 1 N–H and O–H groups in total. The molecule has 0 unspecified atom stereocenters. The fraction of sp³-hybridized carbons (Fsp3) is 0.550. The van der Waals surface area contributed by atoms with Gasteiger partial charge in [-0.3, -0.25) is 4.79 Å². The summed E-state index contributed by atoms with van der Waals surface area (Å²) in [5, 5.41) is 3.33. The highest BCUT2D eigenvalue weighted by Gasteiger charge is 2.33. The molecule has 2 heteroatoms. The first-order valence-electron chi connectivity index (χ1n) is 8.43. The number of rotatable bonds is 5. The fourth-order valence-electron chi connectivity index (χ4n) is 3.04. The van der Waals surface area contributed by atoms with Gasteiger partial charge in [-0.15, -0.1) is 0 Å². The third kappa shape index (κ3) is 4.22. The third-order valence-electron chi connectivity index (χ3n) is 5.26. The van der Waals surface area contributed by atoms with Crippen LogP contribution in [0.15, 0.2) is 36.0 Å². The van der Waals surface area contributed by atoms with Crippen molar-refractivity contribution in [2.45, 2.75) is 59.9 Å². The van der Waals surface area contributed by atoms with Gasteiger partial charge in [0.25, 0.3) is 0 Å². The van der Waals surface area contributed by atoms with Crippen molar-refractivity contribution in [3.63, 3.8) is 0 Å². The Labute approximate surface area is 135 Å². The normalized spacial score (nSPS) is 21.2. The molecule has 2 nitrogen and oxygen atoms in total. The number of hydrogen-bond acceptors (Lipinski definition) is 2. The molecule has 0 aliphatic heterocycles. The molecule has 1 atom stereocenters. The van der Waals surface area contributed by atoms with Crippen LogP contribution < -0.4 is 5.32 Å². The van der Waals surface area contributed by atoms with Gasteiger partial charge in [0, 0.05) is 24.7 Å². The minimum atomic E-state index is 0.316. The predicted octanol–water partition coefficient (Wildman–Crippen LogP) is 4.77. The summed E-state index contributed by atoms with van der Waals surface area (Å²) in [5.41, 5.74) is 3.81. The van der Waals surface area contributed by atoms with Crippen LogP contribution in [0.2, 0.25) is 0 Å². The highest BCUT2D eigenvalue weighted by Crippen LogP contribution is 2.40. The number of hydrogen-bond donors (Lipinski definition) is 1. The van der Waals surface area contributed by atoms with E-state index in [0.717, 1.165) is 31.4 Å². The van der Waals surface area contributed by atoms with E-state index < -0.39 is 0 Å². The Morgan fingerprint density at radius 1 is 1.27 bits per heavy atom. The van der Waals surface area contributed by atoms with Crippen molar-refractivity contribution in [2.24, 2.45) is 11.3 Å². The molecule has 120 valence electrons. The second-order valence-corrected chi connectivity index (χ2v) is 7.24. The molecular weight excluding hydrogens is 270 g/mol. The number of carbonyl (C=O) groups is 1.